The first-order valence-corrected chi connectivity index (χ1v) is 7.33. The highest BCUT2D eigenvalue weighted by molar-refractivity contribution is 6.31. The number of hydrogen-bond donors (Lipinski definition) is 2. The number of rotatable bonds is 2. The van der Waals surface area contributed by atoms with Gasteiger partial charge in [0.2, 0.25) is 5.91 Å². The van der Waals surface area contributed by atoms with E-state index in [9.17, 15) is 4.79 Å². The molecule has 0 saturated carbocycles. The minimum absolute atomic E-state index is 0.0395. The molecule has 1 aliphatic carbocycles. The Morgan fingerprint density at radius 3 is 3.05 bits per heavy atom. The minimum atomic E-state index is -0.0740. The summed E-state index contributed by atoms with van der Waals surface area (Å²) in [6, 6.07) is 5.99. The van der Waals surface area contributed by atoms with Gasteiger partial charge in [0.15, 0.2) is 0 Å². The van der Waals surface area contributed by atoms with E-state index < -0.39 is 0 Å². The smallest absolute Gasteiger partial charge is 0.237 e. The minimum Gasteiger partial charge on any atom is -0.345 e. The standard InChI is InChI=1S/C15H18ClN3O/c1-2-19-13-5-3-9(15(20)18-17)7-11(13)12-8-10(16)4-6-14(12)19/h4,6,8-9H,2-3,5,7,17H2,1H3,(H,18,20). The molecule has 1 aromatic heterocycles. The summed E-state index contributed by atoms with van der Waals surface area (Å²) in [4.78, 5) is 11.8. The monoisotopic (exact) mass is 291 g/mol. The summed E-state index contributed by atoms with van der Waals surface area (Å²) in [5.41, 5.74) is 6.07. The van der Waals surface area contributed by atoms with Gasteiger partial charge in [-0.05, 0) is 49.9 Å². The number of hydrazine groups is 1. The molecule has 1 amide bonds. The molecule has 4 nitrogen and oxygen atoms in total. The van der Waals surface area contributed by atoms with E-state index in [1.807, 2.05) is 12.1 Å². The molecule has 1 aliphatic rings. The summed E-state index contributed by atoms with van der Waals surface area (Å²) in [5, 5.41) is 1.91. The van der Waals surface area contributed by atoms with Crippen LogP contribution in [0.1, 0.15) is 24.6 Å². The number of aromatic nitrogens is 1. The zero-order valence-corrected chi connectivity index (χ0v) is 12.2. The molecule has 0 saturated heterocycles. The maximum absolute atomic E-state index is 11.8. The van der Waals surface area contributed by atoms with Crippen molar-refractivity contribution in [2.45, 2.75) is 32.7 Å². The summed E-state index contributed by atoms with van der Waals surface area (Å²) < 4.78 is 2.33. The van der Waals surface area contributed by atoms with Crippen molar-refractivity contribution in [3.05, 3.63) is 34.5 Å². The molecule has 5 heteroatoms. The van der Waals surface area contributed by atoms with Crippen LogP contribution in [0.15, 0.2) is 18.2 Å². The van der Waals surface area contributed by atoms with Gasteiger partial charge < -0.3 is 4.57 Å². The maximum atomic E-state index is 11.8. The number of nitrogens with one attached hydrogen (secondary N) is 1. The summed E-state index contributed by atoms with van der Waals surface area (Å²) in [6.45, 7) is 3.08. The fraction of sp³-hybridized carbons (Fsp3) is 0.400. The van der Waals surface area contributed by atoms with Crippen molar-refractivity contribution in [2.24, 2.45) is 11.8 Å². The summed E-state index contributed by atoms with van der Waals surface area (Å²) >= 11 is 6.13. The molecule has 0 radical (unpaired) electrons. The molecule has 2 aromatic rings. The number of benzene rings is 1. The van der Waals surface area contributed by atoms with Crippen molar-refractivity contribution in [3.63, 3.8) is 0 Å². The van der Waals surface area contributed by atoms with Crippen molar-refractivity contribution in [1.82, 2.24) is 9.99 Å². The number of amides is 1. The number of fused-ring (bicyclic) bond motifs is 3. The topological polar surface area (TPSA) is 60.0 Å². The molecule has 106 valence electrons. The normalized spacial score (nSPS) is 18.1. The SMILES string of the molecule is CCn1c2c(c3cc(Cl)ccc31)CC(C(=O)NN)CC2. The van der Waals surface area contributed by atoms with Crippen LogP contribution in [0.3, 0.4) is 0 Å². The number of nitrogens with two attached hydrogens (primary N) is 1. The number of hydrogen-bond acceptors (Lipinski definition) is 2. The zero-order valence-electron chi connectivity index (χ0n) is 11.4. The first-order valence-electron chi connectivity index (χ1n) is 6.95. The fourth-order valence-electron chi connectivity index (χ4n) is 3.32. The Morgan fingerprint density at radius 1 is 1.55 bits per heavy atom. The third-order valence-corrected chi connectivity index (χ3v) is 4.49. The van der Waals surface area contributed by atoms with Crippen molar-refractivity contribution in [3.8, 4) is 0 Å². The van der Waals surface area contributed by atoms with Crippen LogP contribution in [-0.2, 0) is 24.2 Å². The average molecular weight is 292 g/mol. The van der Waals surface area contributed by atoms with E-state index in [0.29, 0.717) is 0 Å². The van der Waals surface area contributed by atoms with Crippen molar-refractivity contribution in [1.29, 1.82) is 0 Å². The Balaban J connectivity index is 2.14. The largest absolute Gasteiger partial charge is 0.345 e. The van der Waals surface area contributed by atoms with E-state index in [1.165, 1.54) is 22.2 Å². The van der Waals surface area contributed by atoms with E-state index in [-0.39, 0.29) is 11.8 Å². The maximum Gasteiger partial charge on any atom is 0.237 e. The lowest BCUT2D eigenvalue weighted by Crippen LogP contribution is -2.38. The van der Waals surface area contributed by atoms with Crippen LogP contribution in [0.2, 0.25) is 5.02 Å². The average Bonchev–Trinajstić information content (AvgIpc) is 2.78. The Bertz CT molecular complexity index is 677. The van der Waals surface area contributed by atoms with Gasteiger partial charge in [0.25, 0.3) is 0 Å². The third-order valence-electron chi connectivity index (χ3n) is 4.26. The molecular weight excluding hydrogens is 274 g/mol. The van der Waals surface area contributed by atoms with Crippen LogP contribution in [0.5, 0.6) is 0 Å². The summed E-state index contributed by atoms with van der Waals surface area (Å²) in [7, 11) is 0. The fourth-order valence-corrected chi connectivity index (χ4v) is 3.50. The van der Waals surface area contributed by atoms with Crippen molar-refractivity contribution >= 4 is 28.4 Å². The van der Waals surface area contributed by atoms with E-state index >= 15 is 0 Å². The van der Waals surface area contributed by atoms with E-state index in [1.54, 1.807) is 0 Å². The van der Waals surface area contributed by atoms with Gasteiger partial charge in [-0.25, -0.2) is 5.84 Å². The molecule has 0 spiro atoms. The number of carbonyl (C=O) groups excluding carboxylic acids is 1. The van der Waals surface area contributed by atoms with Crippen LogP contribution in [0.25, 0.3) is 10.9 Å². The molecule has 20 heavy (non-hydrogen) atoms. The highest BCUT2D eigenvalue weighted by atomic mass is 35.5. The van der Waals surface area contributed by atoms with Crippen LogP contribution in [-0.4, -0.2) is 10.5 Å². The first-order chi connectivity index (χ1) is 9.65. The van der Waals surface area contributed by atoms with Crippen LogP contribution >= 0.6 is 11.6 Å². The van der Waals surface area contributed by atoms with Crippen molar-refractivity contribution in [2.75, 3.05) is 0 Å². The lowest BCUT2D eigenvalue weighted by Gasteiger charge is -2.22. The predicted molar refractivity (Wildman–Crippen MR) is 80.5 cm³/mol. The molecular formula is C15H18ClN3O. The number of carbonyl (C=O) groups is 1. The van der Waals surface area contributed by atoms with Crippen molar-refractivity contribution < 1.29 is 4.79 Å². The lowest BCUT2D eigenvalue weighted by atomic mass is 9.86. The molecule has 0 aliphatic heterocycles. The second kappa shape index (κ2) is 5.11. The predicted octanol–water partition coefficient (Wildman–Crippen LogP) is 2.41. The number of halogens is 1. The van der Waals surface area contributed by atoms with Crippen LogP contribution < -0.4 is 11.3 Å². The van der Waals surface area contributed by atoms with Gasteiger partial charge in [-0.3, -0.25) is 10.2 Å². The molecule has 1 unspecified atom stereocenters. The Kier molecular flexibility index (Phi) is 3.44. The Morgan fingerprint density at radius 2 is 2.35 bits per heavy atom. The lowest BCUT2D eigenvalue weighted by molar-refractivity contribution is -0.125. The Labute approximate surface area is 122 Å². The molecule has 1 aromatic carbocycles. The molecule has 3 rings (SSSR count). The number of aryl methyl sites for hydroxylation is 1. The molecule has 0 bridgehead atoms. The van der Waals surface area contributed by atoms with Gasteiger partial charge in [0.05, 0.1) is 0 Å². The van der Waals surface area contributed by atoms with E-state index in [0.717, 1.165) is 30.8 Å². The first kappa shape index (κ1) is 13.5. The zero-order chi connectivity index (χ0) is 14.3. The van der Waals surface area contributed by atoms with Crippen LogP contribution in [0.4, 0.5) is 0 Å². The van der Waals surface area contributed by atoms with Gasteiger partial charge in [-0.15, -0.1) is 0 Å². The highest BCUT2D eigenvalue weighted by Crippen LogP contribution is 2.35. The third kappa shape index (κ3) is 2.00. The summed E-state index contributed by atoms with van der Waals surface area (Å²) in [6.07, 6.45) is 2.50. The second-order valence-corrected chi connectivity index (χ2v) is 5.72. The Hall–Kier alpha value is -1.52. The van der Waals surface area contributed by atoms with Crippen LogP contribution in [0, 0.1) is 5.92 Å². The molecule has 1 atom stereocenters. The second-order valence-electron chi connectivity index (χ2n) is 5.28. The van der Waals surface area contributed by atoms with E-state index in [2.05, 4.69) is 23.0 Å². The quantitative estimate of drug-likeness (QED) is 0.507. The van der Waals surface area contributed by atoms with Gasteiger partial charge in [-0.1, -0.05) is 11.6 Å². The number of nitrogens with zero attached hydrogens (tertiary/aromatic N) is 1. The van der Waals surface area contributed by atoms with Gasteiger partial charge in [0, 0.05) is 34.1 Å². The van der Waals surface area contributed by atoms with Gasteiger partial charge in [0.1, 0.15) is 0 Å². The molecule has 1 heterocycles. The van der Waals surface area contributed by atoms with Gasteiger partial charge in [-0.2, -0.15) is 0 Å². The molecule has 0 fully saturated rings. The molecule has 3 N–H and O–H groups in total. The highest BCUT2D eigenvalue weighted by Gasteiger charge is 2.28. The summed E-state index contributed by atoms with van der Waals surface area (Å²) in [5.74, 6) is 5.15. The van der Waals surface area contributed by atoms with E-state index in [4.69, 9.17) is 17.4 Å². The van der Waals surface area contributed by atoms with Gasteiger partial charge >= 0.3 is 0 Å².